The Balaban J connectivity index is 1.67. The SMILES string of the molecule is CCc1cc(C(=O)NCC(O)c2cc(Cl)c3c(c2)OCCO3)oc1CC. The van der Waals surface area contributed by atoms with Gasteiger partial charge in [-0.2, -0.15) is 0 Å². The molecule has 1 aromatic heterocycles. The fourth-order valence-corrected chi connectivity index (χ4v) is 3.17. The number of benzene rings is 1. The molecule has 0 spiro atoms. The molecule has 0 saturated heterocycles. The van der Waals surface area contributed by atoms with Gasteiger partial charge >= 0.3 is 0 Å². The van der Waals surface area contributed by atoms with Gasteiger partial charge in [-0.15, -0.1) is 0 Å². The lowest BCUT2D eigenvalue weighted by atomic mass is 10.1. The molecule has 0 saturated carbocycles. The van der Waals surface area contributed by atoms with Crippen LogP contribution in [0.2, 0.25) is 5.02 Å². The Morgan fingerprint density at radius 2 is 2.00 bits per heavy atom. The molecule has 0 aliphatic carbocycles. The predicted molar refractivity (Wildman–Crippen MR) is 97.2 cm³/mol. The van der Waals surface area contributed by atoms with Gasteiger partial charge in [0.05, 0.1) is 11.1 Å². The number of ether oxygens (including phenoxy) is 2. The highest BCUT2D eigenvalue weighted by Gasteiger charge is 2.21. The fourth-order valence-electron chi connectivity index (χ4n) is 2.89. The van der Waals surface area contributed by atoms with Crippen LogP contribution in [0.4, 0.5) is 0 Å². The summed E-state index contributed by atoms with van der Waals surface area (Å²) in [6, 6.07) is 5.04. The highest BCUT2D eigenvalue weighted by atomic mass is 35.5. The molecule has 1 unspecified atom stereocenters. The summed E-state index contributed by atoms with van der Waals surface area (Å²) in [5, 5.41) is 13.5. The molecular formula is C19H22ClNO5. The van der Waals surface area contributed by atoms with Crippen LogP contribution in [0.15, 0.2) is 22.6 Å². The Morgan fingerprint density at radius 3 is 2.69 bits per heavy atom. The third-order valence-corrected chi connectivity index (χ3v) is 4.56. The summed E-state index contributed by atoms with van der Waals surface area (Å²) < 4.78 is 16.6. The second-order valence-corrected chi connectivity index (χ2v) is 6.43. The third-order valence-electron chi connectivity index (χ3n) is 4.28. The van der Waals surface area contributed by atoms with E-state index in [1.54, 1.807) is 18.2 Å². The highest BCUT2D eigenvalue weighted by molar-refractivity contribution is 6.32. The molecule has 1 aliphatic heterocycles. The van der Waals surface area contributed by atoms with Crippen LogP contribution in [-0.4, -0.2) is 30.8 Å². The van der Waals surface area contributed by atoms with Crippen LogP contribution >= 0.6 is 11.6 Å². The Bertz CT molecular complexity index is 780. The van der Waals surface area contributed by atoms with E-state index in [-0.39, 0.29) is 18.2 Å². The van der Waals surface area contributed by atoms with Gasteiger partial charge in [0.1, 0.15) is 19.0 Å². The number of halogens is 1. The number of aliphatic hydroxyl groups is 1. The fraction of sp³-hybridized carbons (Fsp3) is 0.421. The minimum atomic E-state index is -0.932. The molecule has 1 atom stereocenters. The van der Waals surface area contributed by atoms with E-state index < -0.39 is 6.10 Å². The van der Waals surface area contributed by atoms with Crippen molar-refractivity contribution in [3.63, 3.8) is 0 Å². The van der Waals surface area contributed by atoms with Crippen molar-refractivity contribution in [1.82, 2.24) is 5.32 Å². The summed E-state index contributed by atoms with van der Waals surface area (Å²) in [7, 11) is 0. The van der Waals surface area contributed by atoms with Gasteiger partial charge in [0, 0.05) is 13.0 Å². The Morgan fingerprint density at radius 1 is 1.23 bits per heavy atom. The molecule has 140 valence electrons. The van der Waals surface area contributed by atoms with E-state index in [9.17, 15) is 9.90 Å². The van der Waals surface area contributed by atoms with Crippen molar-refractivity contribution in [1.29, 1.82) is 0 Å². The van der Waals surface area contributed by atoms with Crippen molar-refractivity contribution in [2.45, 2.75) is 32.8 Å². The van der Waals surface area contributed by atoms with Crippen molar-refractivity contribution < 1.29 is 23.8 Å². The Labute approximate surface area is 157 Å². The summed E-state index contributed by atoms with van der Waals surface area (Å²) in [6.07, 6.45) is 0.603. The van der Waals surface area contributed by atoms with E-state index in [2.05, 4.69) is 5.32 Å². The summed E-state index contributed by atoms with van der Waals surface area (Å²) >= 11 is 6.18. The van der Waals surface area contributed by atoms with Crippen molar-refractivity contribution in [3.8, 4) is 11.5 Å². The van der Waals surface area contributed by atoms with E-state index in [1.165, 1.54) is 0 Å². The molecule has 2 aromatic rings. The summed E-state index contributed by atoms with van der Waals surface area (Å²) in [5.41, 5.74) is 1.57. The number of carbonyl (C=O) groups is 1. The largest absolute Gasteiger partial charge is 0.486 e. The molecule has 0 bridgehead atoms. The van der Waals surface area contributed by atoms with Gasteiger partial charge in [0.2, 0.25) is 0 Å². The zero-order valence-electron chi connectivity index (χ0n) is 14.8. The Hall–Kier alpha value is -2.18. The number of nitrogens with one attached hydrogen (secondary N) is 1. The topological polar surface area (TPSA) is 80.9 Å². The molecule has 1 aliphatic rings. The van der Waals surface area contributed by atoms with Gasteiger partial charge in [0.15, 0.2) is 17.3 Å². The summed E-state index contributed by atoms with van der Waals surface area (Å²) in [5.74, 6) is 1.69. The van der Waals surface area contributed by atoms with Crippen molar-refractivity contribution in [3.05, 3.63) is 45.9 Å². The molecule has 7 heteroatoms. The second kappa shape index (κ2) is 8.01. The van der Waals surface area contributed by atoms with E-state index in [0.717, 1.165) is 24.2 Å². The zero-order chi connectivity index (χ0) is 18.7. The first-order valence-corrected chi connectivity index (χ1v) is 9.08. The predicted octanol–water partition coefficient (Wildman–Crippen LogP) is 3.29. The number of furan rings is 1. The van der Waals surface area contributed by atoms with E-state index >= 15 is 0 Å². The number of carbonyl (C=O) groups excluding carboxylic acids is 1. The molecule has 2 N–H and O–H groups in total. The minimum Gasteiger partial charge on any atom is -0.486 e. The van der Waals surface area contributed by atoms with E-state index in [0.29, 0.717) is 35.3 Å². The van der Waals surface area contributed by atoms with E-state index in [1.807, 2.05) is 13.8 Å². The van der Waals surface area contributed by atoms with Crippen LogP contribution in [0.5, 0.6) is 11.5 Å². The van der Waals surface area contributed by atoms with Crippen LogP contribution in [-0.2, 0) is 12.8 Å². The number of hydrogen-bond acceptors (Lipinski definition) is 5. The van der Waals surface area contributed by atoms with E-state index in [4.69, 9.17) is 25.5 Å². The van der Waals surface area contributed by atoms with Crippen LogP contribution in [0.25, 0.3) is 0 Å². The lowest BCUT2D eigenvalue weighted by Gasteiger charge is -2.21. The number of fused-ring (bicyclic) bond motifs is 1. The number of aliphatic hydroxyl groups excluding tert-OH is 1. The maximum atomic E-state index is 12.3. The standard InChI is InChI=1S/C19H22ClNO5/c1-3-11-8-17(26-15(11)4-2)19(23)21-10-14(22)12-7-13(20)18-16(9-12)24-5-6-25-18/h7-9,14,22H,3-6,10H2,1-2H3,(H,21,23). The third kappa shape index (κ3) is 3.81. The van der Waals surface area contributed by atoms with Crippen LogP contribution in [0.3, 0.4) is 0 Å². The highest BCUT2D eigenvalue weighted by Crippen LogP contribution is 2.39. The van der Waals surface area contributed by atoms with Crippen LogP contribution < -0.4 is 14.8 Å². The average molecular weight is 380 g/mol. The molecule has 1 amide bonds. The zero-order valence-corrected chi connectivity index (χ0v) is 15.6. The lowest BCUT2D eigenvalue weighted by molar-refractivity contribution is 0.0887. The first kappa shape index (κ1) is 18.6. The molecular weight excluding hydrogens is 358 g/mol. The Kier molecular flexibility index (Phi) is 5.74. The van der Waals surface area contributed by atoms with Gasteiger partial charge in [-0.05, 0) is 35.7 Å². The summed E-state index contributed by atoms with van der Waals surface area (Å²) in [4.78, 5) is 12.3. The lowest BCUT2D eigenvalue weighted by Crippen LogP contribution is -2.28. The maximum Gasteiger partial charge on any atom is 0.287 e. The maximum absolute atomic E-state index is 12.3. The van der Waals surface area contributed by atoms with Gasteiger partial charge in [-0.1, -0.05) is 25.4 Å². The number of hydrogen-bond donors (Lipinski definition) is 2. The molecule has 26 heavy (non-hydrogen) atoms. The van der Waals surface area contributed by atoms with Crippen molar-refractivity contribution in [2.24, 2.45) is 0 Å². The molecule has 0 radical (unpaired) electrons. The molecule has 1 aromatic carbocycles. The smallest absolute Gasteiger partial charge is 0.287 e. The second-order valence-electron chi connectivity index (χ2n) is 6.02. The van der Waals surface area contributed by atoms with Gasteiger partial charge in [-0.25, -0.2) is 0 Å². The van der Waals surface area contributed by atoms with Gasteiger partial charge < -0.3 is 24.3 Å². The normalized spacial score (nSPS) is 14.2. The first-order chi connectivity index (χ1) is 12.5. The monoisotopic (exact) mass is 379 g/mol. The van der Waals surface area contributed by atoms with Crippen molar-refractivity contribution in [2.75, 3.05) is 19.8 Å². The number of aryl methyl sites for hydroxylation is 2. The minimum absolute atomic E-state index is 0.0262. The van der Waals surface area contributed by atoms with Gasteiger partial charge in [-0.3, -0.25) is 4.79 Å². The average Bonchev–Trinajstić information content (AvgIpc) is 3.09. The quantitative estimate of drug-likeness (QED) is 0.804. The number of amides is 1. The van der Waals surface area contributed by atoms with Crippen LogP contribution in [0, 0.1) is 0 Å². The van der Waals surface area contributed by atoms with Gasteiger partial charge in [0.25, 0.3) is 5.91 Å². The van der Waals surface area contributed by atoms with Crippen LogP contribution in [0.1, 0.15) is 47.4 Å². The first-order valence-electron chi connectivity index (χ1n) is 8.70. The summed E-state index contributed by atoms with van der Waals surface area (Å²) in [6.45, 7) is 4.89. The molecule has 2 heterocycles. The van der Waals surface area contributed by atoms with Crippen molar-refractivity contribution >= 4 is 17.5 Å². The number of rotatable bonds is 6. The molecule has 0 fully saturated rings. The molecule has 6 nitrogen and oxygen atoms in total. The molecule has 3 rings (SSSR count).